The third-order valence-electron chi connectivity index (χ3n) is 2.42. The molecular weight excluding hydrogens is 243 g/mol. The molecule has 0 aliphatic heterocycles. The summed E-state index contributed by atoms with van der Waals surface area (Å²) in [5.74, 6) is -1.31. The molecule has 0 aliphatic carbocycles. The quantitative estimate of drug-likeness (QED) is 0.759. The van der Waals surface area contributed by atoms with Crippen LogP contribution in [0.1, 0.15) is 20.7 Å². The molecule has 2 aromatic rings. The molecule has 0 heterocycles. The van der Waals surface area contributed by atoms with Gasteiger partial charge in [0.1, 0.15) is 0 Å². The van der Waals surface area contributed by atoms with Gasteiger partial charge >= 0.3 is 51.4 Å². The van der Waals surface area contributed by atoms with Crippen LogP contribution in [0.3, 0.4) is 0 Å². The average Bonchev–Trinajstić information content (AvgIpc) is 2.27. The molecule has 2 aromatic carbocycles. The first-order valence-corrected chi connectivity index (χ1v) is 4.72. The van der Waals surface area contributed by atoms with Crippen LogP contribution in [0.15, 0.2) is 36.4 Å². The Morgan fingerprint density at radius 3 is 1.47 bits per heavy atom. The number of hydrogen-bond donors (Lipinski definition) is 2. The summed E-state index contributed by atoms with van der Waals surface area (Å²) >= 11 is 0. The van der Waals surface area contributed by atoms with E-state index in [2.05, 4.69) is 0 Å². The second-order valence-corrected chi connectivity index (χ2v) is 3.47. The van der Waals surface area contributed by atoms with Crippen molar-refractivity contribution in [2.45, 2.75) is 0 Å². The molecular formula is C12H11KN2O2. The van der Waals surface area contributed by atoms with Crippen molar-refractivity contribution in [1.82, 2.24) is 0 Å². The summed E-state index contributed by atoms with van der Waals surface area (Å²) in [6, 6.07) is 10.5. The normalized spacial score (nSPS) is 9.65. The SMILES string of the molecule is NC(=O)c1cc2ccccc2cc1C(N)=O.[KH]. The summed E-state index contributed by atoms with van der Waals surface area (Å²) in [5.41, 5.74) is 10.7. The number of carbonyl (C=O) groups excluding carboxylic acids is 2. The summed E-state index contributed by atoms with van der Waals surface area (Å²) < 4.78 is 0. The minimum atomic E-state index is -0.653. The first-order chi connectivity index (χ1) is 7.59. The summed E-state index contributed by atoms with van der Waals surface area (Å²) in [6.07, 6.45) is 0. The van der Waals surface area contributed by atoms with Gasteiger partial charge in [0.25, 0.3) is 0 Å². The van der Waals surface area contributed by atoms with Crippen LogP contribution in [-0.2, 0) is 0 Å². The molecule has 5 heteroatoms. The van der Waals surface area contributed by atoms with E-state index in [-0.39, 0.29) is 62.5 Å². The molecule has 0 atom stereocenters. The van der Waals surface area contributed by atoms with Crippen LogP contribution >= 0.6 is 0 Å². The van der Waals surface area contributed by atoms with Gasteiger partial charge in [-0.3, -0.25) is 9.59 Å². The van der Waals surface area contributed by atoms with Crippen molar-refractivity contribution in [3.63, 3.8) is 0 Å². The van der Waals surface area contributed by atoms with Gasteiger partial charge in [0, 0.05) is 0 Å². The Morgan fingerprint density at radius 2 is 1.18 bits per heavy atom. The molecule has 0 saturated heterocycles. The van der Waals surface area contributed by atoms with Crippen molar-refractivity contribution in [2.75, 3.05) is 0 Å². The van der Waals surface area contributed by atoms with E-state index >= 15 is 0 Å². The Hall–Kier alpha value is -0.724. The zero-order valence-corrected chi connectivity index (χ0v) is 8.44. The van der Waals surface area contributed by atoms with E-state index in [0.29, 0.717) is 0 Å². The summed E-state index contributed by atoms with van der Waals surface area (Å²) in [4.78, 5) is 22.4. The summed E-state index contributed by atoms with van der Waals surface area (Å²) in [5, 5.41) is 1.70. The number of primary amides is 2. The van der Waals surface area contributed by atoms with E-state index in [1.807, 2.05) is 24.3 Å². The Kier molecular flexibility index (Phi) is 4.85. The van der Waals surface area contributed by atoms with E-state index < -0.39 is 11.8 Å². The van der Waals surface area contributed by atoms with Crippen molar-refractivity contribution in [3.05, 3.63) is 47.5 Å². The first kappa shape index (κ1) is 14.3. The predicted octanol–water partition coefficient (Wildman–Crippen LogP) is 0.389. The maximum absolute atomic E-state index is 11.2. The molecule has 0 unspecified atom stereocenters. The van der Waals surface area contributed by atoms with Crippen molar-refractivity contribution < 1.29 is 9.59 Å². The van der Waals surface area contributed by atoms with E-state index in [4.69, 9.17) is 11.5 Å². The third-order valence-corrected chi connectivity index (χ3v) is 2.42. The van der Waals surface area contributed by atoms with Crippen LogP contribution in [0, 0.1) is 0 Å². The number of hydrogen-bond acceptors (Lipinski definition) is 2. The maximum atomic E-state index is 11.2. The molecule has 0 fully saturated rings. The molecule has 82 valence electrons. The molecule has 0 saturated carbocycles. The number of carbonyl (C=O) groups is 2. The zero-order valence-electron chi connectivity index (χ0n) is 8.44. The molecule has 0 aliphatic rings. The number of rotatable bonds is 2. The van der Waals surface area contributed by atoms with Crippen molar-refractivity contribution in [1.29, 1.82) is 0 Å². The molecule has 4 nitrogen and oxygen atoms in total. The Balaban J connectivity index is 0.00000144. The molecule has 0 radical (unpaired) electrons. The van der Waals surface area contributed by atoms with Crippen molar-refractivity contribution >= 4 is 74.0 Å². The van der Waals surface area contributed by atoms with E-state index in [1.165, 1.54) is 0 Å². The van der Waals surface area contributed by atoms with Crippen molar-refractivity contribution in [2.24, 2.45) is 11.5 Å². The van der Waals surface area contributed by atoms with Gasteiger partial charge in [-0.15, -0.1) is 0 Å². The van der Waals surface area contributed by atoms with Gasteiger partial charge in [-0.25, -0.2) is 0 Å². The average molecular weight is 254 g/mol. The molecule has 0 aromatic heterocycles. The van der Waals surface area contributed by atoms with Crippen LogP contribution in [-0.4, -0.2) is 63.2 Å². The van der Waals surface area contributed by atoms with E-state index in [0.717, 1.165) is 10.8 Å². The standard InChI is InChI=1S/C12H10N2O2.K.H/c13-11(15)9-5-7-3-1-2-4-8(7)6-10(9)12(14)16;;/h1-6H,(H2,13,15)(H2,14,16);;. The van der Waals surface area contributed by atoms with Gasteiger partial charge in [-0.2, -0.15) is 0 Å². The molecule has 0 spiro atoms. The number of nitrogens with two attached hydrogens (primary N) is 2. The van der Waals surface area contributed by atoms with Gasteiger partial charge in [0.2, 0.25) is 11.8 Å². The van der Waals surface area contributed by atoms with Crippen LogP contribution < -0.4 is 11.5 Å². The third kappa shape index (κ3) is 2.94. The van der Waals surface area contributed by atoms with E-state index in [1.54, 1.807) is 12.1 Å². The van der Waals surface area contributed by atoms with Gasteiger partial charge in [-0.05, 0) is 22.9 Å². The molecule has 2 amide bonds. The van der Waals surface area contributed by atoms with Crippen molar-refractivity contribution in [3.8, 4) is 0 Å². The molecule has 17 heavy (non-hydrogen) atoms. The first-order valence-electron chi connectivity index (χ1n) is 4.72. The minimum absolute atomic E-state index is 0. The topological polar surface area (TPSA) is 86.2 Å². The van der Waals surface area contributed by atoms with Crippen LogP contribution in [0.2, 0.25) is 0 Å². The second kappa shape index (κ2) is 5.75. The summed E-state index contributed by atoms with van der Waals surface area (Å²) in [7, 11) is 0. The Morgan fingerprint density at radius 1 is 0.824 bits per heavy atom. The van der Waals surface area contributed by atoms with Gasteiger partial charge in [0.05, 0.1) is 11.1 Å². The number of amides is 2. The number of fused-ring (bicyclic) bond motifs is 1. The second-order valence-electron chi connectivity index (χ2n) is 3.47. The fourth-order valence-corrected chi connectivity index (χ4v) is 1.65. The van der Waals surface area contributed by atoms with Crippen LogP contribution in [0.5, 0.6) is 0 Å². The summed E-state index contributed by atoms with van der Waals surface area (Å²) in [6.45, 7) is 0. The zero-order chi connectivity index (χ0) is 11.7. The predicted molar refractivity (Wildman–Crippen MR) is 68.1 cm³/mol. The fourth-order valence-electron chi connectivity index (χ4n) is 1.65. The fraction of sp³-hybridized carbons (Fsp3) is 0. The molecule has 2 rings (SSSR count). The Labute approximate surface area is 141 Å². The van der Waals surface area contributed by atoms with Gasteiger partial charge < -0.3 is 11.5 Å². The molecule has 4 N–H and O–H groups in total. The van der Waals surface area contributed by atoms with E-state index in [9.17, 15) is 9.59 Å². The number of benzene rings is 2. The van der Waals surface area contributed by atoms with Gasteiger partial charge in [-0.1, -0.05) is 24.3 Å². The Bertz CT molecular complexity index is 544. The molecule has 0 bridgehead atoms. The van der Waals surface area contributed by atoms with Crippen LogP contribution in [0.4, 0.5) is 0 Å². The monoisotopic (exact) mass is 254 g/mol. The van der Waals surface area contributed by atoms with Gasteiger partial charge in [0.15, 0.2) is 0 Å². The van der Waals surface area contributed by atoms with Crippen LogP contribution in [0.25, 0.3) is 10.8 Å².